The highest BCUT2D eigenvalue weighted by atomic mass is 32.2. The minimum Gasteiger partial charge on any atom is -0.493 e. The van der Waals surface area contributed by atoms with Crippen molar-refractivity contribution in [3.05, 3.63) is 64.9 Å². The van der Waals surface area contributed by atoms with Gasteiger partial charge in [0.15, 0.2) is 0 Å². The lowest BCUT2D eigenvalue weighted by atomic mass is 9.98. The summed E-state index contributed by atoms with van der Waals surface area (Å²) in [6, 6.07) is 8.04. The molecule has 0 unspecified atom stereocenters. The van der Waals surface area contributed by atoms with Gasteiger partial charge < -0.3 is 14.5 Å². The molecule has 0 radical (unpaired) electrons. The lowest BCUT2D eigenvalue weighted by molar-refractivity contribution is -0.116. The second kappa shape index (κ2) is 8.95. The third-order valence-corrected chi connectivity index (χ3v) is 5.95. The van der Waals surface area contributed by atoms with Gasteiger partial charge in [0.2, 0.25) is 15.9 Å². The van der Waals surface area contributed by atoms with Gasteiger partial charge in [0.25, 0.3) is 0 Å². The Morgan fingerprint density at radius 1 is 1.23 bits per heavy atom. The standard InChI is InChI=1S/C23H26N2O5S/c1-5-29-22-16(4)23-20(15(3)13-30-23)11-19(22)14(2)10-21(26)25-12-17-6-8-18(9-7-17)31(24,27)28/h6-11,13H,5,12H2,1-4H3,(H,25,26)(H2,24,27,28)/b14-10+. The van der Waals surface area contributed by atoms with Crippen LogP contribution in [0.15, 0.2) is 52.0 Å². The Kier molecular flexibility index (Phi) is 6.52. The van der Waals surface area contributed by atoms with E-state index in [2.05, 4.69) is 5.32 Å². The summed E-state index contributed by atoms with van der Waals surface area (Å²) in [5.74, 6) is 0.432. The summed E-state index contributed by atoms with van der Waals surface area (Å²) in [6.07, 6.45) is 3.24. The molecule has 0 bridgehead atoms. The number of fused-ring (bicyclic) bond motifs is 1. The quantitative estimate of drug-likeness (QED) is 0.540. The first-order valence-electron chi connectivity index (χ1n) is 9.84. The third-order valence-electron chi connectivity index (χ3n) is 5.02. The van der Waals surface area contributed by atoms with E-state index < -0.39 is 10.0 Å². The maximum atomic E-state index is 12.5. The molecule has 0 spiro atoms. The minimum atomic E-state index is -3.74. The minimum absolute atomic E-state index is 0.0297. The molecule has 2 aromatic carbocycles. The molecule has 3 N–H and O–H groups in total. The number of allylic oxidation sites excluding steroid dienone is 1. The number of hydrogen-bond acceptors (Lipinski definition) is 5. The Morgan fingerprint density at radius 3 is 2.52 bits per heavy atom. The Labute approximate surface area is 181 Å². The van der Waals surface area contributed by atoms with Gasteiger partial charge in [-0.25, -0.2) is 13.6 Å². The number of sulfonamides is 1. The molecule has 0 saturated carbocycles. The van der Waals surface area contributed by atoms with E-state index in [1.807, 2.05) is 33.8 Å². The second-order valence-corrected chi connectivity index (χ2v) is 8.90. The molecule has 31 heavy (non-hydrogen) atoms. The van der Waals surface area contributed by atoms with Crippen LogP contribution in [0.4, 0.5) is 0 Å². The third kappa shape index (κ3) is 4.98. The number of carbonyl (C=O) groups is 1. The molecule has 1 aromatic heterocycles. The highest BCUT2D eigenvalue weighted by Gasteiger charge is 2.17. The van der Waals surface area contributed by atoms with Gasteiger partial charge in [-0.1, -0.05) is 12.1 Å². The fraction of sp³-hybridized carbons (Fsp3) is 0.261. The van der Waals surface area contributed by atoms with Gasteiger partial charge in [-0.2, -0.15) is 0 Å². The summed E-state index contributed by atoms with van der Waals surface area (Å²) < 4.78 is 34.2. The van der Waals surface area contributed by atoms with Crippen LogP contribution in [0.5, 0.6) is 5.75 Å². The molecule has 0 aliphatic carbocycles. The summed E-state index contributed by atoms with van der Waals surface area (Å²) in [4.78, 5) is 12.5. The number of ether oxygens (including phenoxy) is 1. The van der Waals surface area contributed by atoms with Crippen molar-refractivity contribution in [3.63, 3.8) is 0 Å². The average molecular weight is 443 g/mol. The molecule has 8 heteroatoms. The van der Waals surface area contributed by atoms with Crippen LogP contribution >= 0.6 is 0 Å². The summed E-state index contributed by atoms with van der Waals surface area (Å²) in [5.41, 5.74) is 5.05. The highest BCUT2D eigenvalue weighted by Crippen LogP contribution is 2.37. The van der Waals surface area contributed by atoms with Crippen LogP contribution in [0.25, 0.3) is 16.5 Å². The van der Waals surface area contributed by atoms with E-state index >= 15 is 0 Å². The zero-order chi connectivity index (χ0) is 22.8. The summed E-state index contributed by atoms with van der Waals surface area (Å²) in [5, 5.41) is 8.90. The zero-order valence-electron chi connectivity index (χ0n) is 18.0. The number of furan rings is 1. The first-order valence-corrected chi connectivity index (χ1v) is 11.4. The average Bonchev–Trinajstić information content (AvgIpc) is 3.09. The Balaban J connectivity index is 1.81. The van der Waals surface area contributed by atoms with Crippen molar-refractivity contribution in [1.82, 2.24) is 5.32 Å². The van der Waals surface area contributed by atoms with Gasteiger partial charge in [0.1, 0.15) is 11.3 Å². The number of carbonyl (C=O) groups excluding carboxylic acids is 1. The predicted octanol–water partition coefficient (Wildman–Crippen LogP) is 3.82. The van der Waals surface area contributed by atoms with Crippen molar-refractivity contribution in [2.45, 2.75) is 39.1 Å². The van der Waals surface area contributed by atoms with Gasteiger partial charge in [0.05, 0.1) is 17.8 Å². The van der Waals surface area contributed by atoms with Crippen LogP contribution in [-0.2, 0) is 21.4 Å². The molecule has 0 atom stereocenters. The van der Waals surface area contributed by atoms with Crippen LogP contribution in [0, 0.1) is 13.8 Å². The molecule has 1 heterocycles. The normalized spacial score (nSPS) is 12.2. The number of nitrogens with two attached hydrogens (primary N) is 1. The van der Waals surface area contributed by atoms with Gasteiger partial charge in [-0.15, -0.1) is 0 Å². The number of aryl methyl sites for hydroxylation is 2. The molecule has 3 rings (SSSR count). The van der Waals surface area contributed by atoms with Crippen LogP contribution < -0.4 is 15.2 Å². The second-order valence-electron chi connectivity index (χ2n) is 7.34. The fourth-order valence-corrected chi connectivity index (χ4v) is 3.89. The summed E-state index contributed by atoms with van der Waals surface area (Å²) in [7, 11) is -3.74. The van der Waals surface area contributed by atoms with Gasteiger partial charge in [-0.3, -0.25) is 4.79 Å². The lowest BCUT2D eigenvalue weighted by Crippen LogP contribution is -2.20. The van der Waals surface area contributed by atoms with Crippen molar-refractivity contribution in [2.75, 3.05) is 6.61 Å². The smallest absolute Gasteiger partial charge is 0.244 e. The number of nitrogens with one attached hydrogen (secondary N) is 1. The van der Waals surface area contributed by atoms with Crippen LogP contribution in [0.3, 0.4) is 0 Å². The molecule has 0 aliphatic rings. The molecule has 7 nitrogen and oxygen atoms in total. The van der Waals surface area contributed by atoms with Crippen molar-refractivity contribution in [1.29, 1.82) is 0 Å². The number of rotatable bonds is 7. The van der Waals surface area contributed by atoms with Crippen LogP contribution in [0.1, 0.15) is 36.1 Å². The number of benzene rings is 2. The van der Waals surface area contributed by atoms with E-state index in [9.17, 15) is 13.2 Å². The van der Waals surface area contributed by atoms with Crippen molar-refractivity contribution in [3.8, 4) is 5.75 Å². The monoisotopic (exact) mass is 442 g/mol. The van der Waals surface area contributed by atoms with E-state index in [1.54, 1.807) is 18.4 Å². The van der Waals surface area contributed by atoms with Crippen LogP contribution in [0.2, 0.25) is 0 Å². The van der Waals surface area contributed by atoms with E-state index in [-0.39, 0.29) is 17.3 Å². The molecule has 0 fully saturated rings. The molecule has 164 valence electrons. The highest BCUT2D eigenvalue weighted by molar-refractivity contribution is 7.89. The number of amides is 1. The Hall–Kier alpha value is -3.10. The first-order chi connectivity index (χ1) is 14.6. The van der Waals surface area contributed by atoms with Crippen LogP contribution in [-0.4, -0.2) is 20.9 Å². The lowest BCUT2D eigenvalue weighted by Gasteiger charge is -2.14. The maximum absolute atomic E-state index is 12.5. The van der Waals surface area contributed by atoms with E-state index in [0.717, 1.165) is 38.8 Å². The van der Waals surface area contributed by atoms with Crippen molar-refractivity contribution < 1.29 is 22.4 Å². The fourth-order valence-electron chi connectivity index (χ4n) is 3.37. The molecule has 3 aromatic rings. The maximum Gasteiger partial charge on any atom is 0.244 e. The largest absolute Gasteiger partial charge is 0.493 e. The molecule has 1 amide bonds. The van der Waals surface area contributed by atoms with Gasteiger partial charge >= 0.3 is 0 Å². The van der Waals surface area contributed by atoms with Gasteiger partial charge in [0, 0.05) is 29.1 Å². The van der Waals surface area contributed by atoms with Crippen molar-refractivity contribution in [2.24, 2.45) is 5.14 Å². The first kappa shape index (κ1) is 22.6. The van der Waals surface area contributed by atoms with E-state index in [0.29, 0.717) is 12.4 Å². The summed E-state index contributed by atoms with van der Waals surface area (Å²) in [6.45, 7) is 8.44. The SMILES string of the molecule is CCOc1c(/C(C)=C/C(=O)NCc2ccc(S(N)(=O)=O)cc2)cc2c(C)coc2c1C. The number of primary sulfonamides is 1. The predicted molar refractivity (Wildman–Crippen MR) is 120 cm³/mol. The molecular formula is C23H26N2O5S. The number of hydrogen-bond donors (Lipinski definition) is 2. The Morgan fingerprint density at radius 2 is 1.90 bits per heavy atom. The molecule has 0 saturated heterocycles. The topological polar surface area (TPSA) is 112 Å². The molecular weight excluding hydrogens is 416 g/mol. The summed E-state index contributed by atoms with van der Waals surface area (Å²) >= 11 is 0. The molecule has 0 aliphatic heterocycles. The van der Waals surface area contributed by atoms with Crippen molar-refractivity contribution >= 4 is 32.5 Å². The zero-order valence-corrected chi connectivity index (χ0v) is 18.8. The van der Waals surface area contributed by atoms with Gasteiger partial charge in [-0.05, 0) is 62.6 Å². The van der Waals surface area contributed by atoms with E-state index in [1.165, 1.54) is 18.2 Å². The van der Waals surface area contributed by atoms with E-state index in [4.69, 9.17) is 14.3 Å². The Bertz CT molecular complexity index is 1260.